The minimum atomic E-state index is -0.254. The lowest BCUT2D eigenvalue weighted by Gasteiger charge is -2.10. The Morgan fingerprint density at radius 2 is 1.86 bits per heavy atom. The van der Waals surface area contributed by atoms with Crippen molar-refractivity contribution in [3.8, 4) is 17.5 Å². The number of anilines is 4. The van der Waals surface area contributed by atoms with Crippen LogP contribution in [0.5, 0.6) is 0 Å². The summed E-state index contributed by atoms with van der Waals surface area (Å²) < 4.78 is 1.90. The van der Waals surface area contributed by atoms with Crippen molar-refractivity contribution in [2.24, 2.45) is 0 Å². The average Bonchev–Trinajstić information content (AvgIpc) is 3.20. The molecule has 0 bridgehead atoms. The highest BCUT2D eigenvalue weighted by Gasteiger charge is 2.14. The number of nitriles is 1. The molecule has 0 aliphatic rings. The van der Waals surface area contributed by atoms with E-state index in [0.29, 0.717) is 39.8 Å². The highest BCUT2D eigenvalue weighted by Crippen LogP contribution is 2.25. The van der Waals surface area contributed by atoms with Crippen molar-refractivity contribution in [2.45, 2.75) is 6.92 Å². The van der Waals surface area contributed by atoms with Crippen LogP contribution in [-0.2, 0) is 0 Å². The average molecular weight is 461 g/mol. The first-order valence-corrected chi connectivity index (χ1v) is 10.8. The van der Waals surface area contributed by atoms with Crippen LogP contribution in [0.3, 0.4) is 0 Å². The third-order valence-electron chi connectivity index (χ3n) is 5.44. The lowest BCUT2D eigenvalue weighted by atomic mass is 10.2. The van der Waals surface area contributed by atoms with Crippen LogP contribution in [0.2, 0.25) is 0 Å². The highest BCUT2D eigenvalue weighted by atomic mass is 16.1. The molecule has 3 heterocycles. The quantitative estimate of drug-likeness (QED) is 0.328. The van der Waals surface area contributed by atoms with Gasteiger partial charge >= 0.3 is 0 Å². The lowest BCUT2D eigenvalue weighted by molar-refractivity contribution is 0.102. The Morgan fingerprint density at radius 3 is 2.63 bits per heavy atom. The van der Waals surface area contributed by atoms with Crippen LogP contribution in [0.1, 0.15) is 21.6 Å². The minimum Gasteiger partial charge on any atom is -0.397 e. The molecule has 4 N–H and O–H groups in total. The molecule has 9 heteroatoms. The van der Waals surface area contributed by atoms with Gasteiger partial charge in [0.05, 0.1) is 40.1 Å². The van der Waals surface area contributed by atoms with Crippen molar-refractivity contribution in [2.75, 3.05) is 16.4 Å². The van der Waals surface area contributed by atoms with Crippen LogP contribution in [0.15, 0.2) is 79.1 Å². The van der Waals surface area contributed by atoms with Gasteiger partial charge in [0.15, 0.2) is 0 Å². The van der Waals surface area contributed by atoms with Gasteiger partial charge in [-0.15, -0.1) is 0 Å². The summed E-state index contributed by atoms with van der Waals surface area (Å²) in [6, 6.07) is 21.5. The predicted molar refractivity (Wildman–Crippen MR) is 134 cm³/mol. The van der Waals surface area contributed by atoms with Gasteiger partial charge in [0, 0.05) is 23.6 Å². The molecular formula is C26H20N8O. The first-order valence-electron chi connectivity index (χ1n) is 10.8. The Hall–Kier alpha value is -5.23. The Bertz CT molecular complexity index is 1600. The standard InChI is InChI=1S/C26H20N8O/c1-16-24(34-13-11-17(15-27)14-23(34)30-16)22-10-12-29-26(33-22)31-19-8-6-18(7-9-19)25(35)32-21-5-3-2-4-20(21)28/h2-14H,28H2,1H3,(H,32,35)(H,29,31,33). The number of para-hydroxylation sites is 2. The van der Waals surface area contributed by atoms with Gasteiger partial charge in [0.2, 0.25) is 5.95 Å². The molecule has 3 aromatic heterocycles. The first-order chi connectivity index (χ1) is 17.0. The Labute approximate surface area is 200 Å². The van der Waals surface area contributed by atoms with Crippen LogP contribution in [0.4, 0.5) is 23.0 Å². The fourth-order valence-electron chi connectivity index (χ4n) is 3.73. The molecule has 0 saturated heterocycles. The second-order valence-corrected chi connectivity index (χ2v) is 7.81. The number of benzene rings is 2. The van der Waals surface area contributed by atoms with E-state index in [-0.39, 0.29) is 5.91 Å². The van der Waals surface area contributed by atoms with E-state index in [1.54, 1.807) is 54.7 Å². The molecule has 0 saturated carbocycles. The highest BCUT2D eigenvalue weighted by molar-refractivity contribution is 6.05. The summed E-state index contributed by atoms with van der Waals surface area (Å²) in [7, 11) is 0. The van der Waals surface area contributed by atoms with Gasteiger partial charge in [-0.3, -0.25) is 9.20 Å². The molecule has 5 aromatic rings. The molecule has 0 radical (unpaired) electrons. The molecule has 5 rings (SSSR count). The second-order valence-electron chi connectivity index (χ2n) is 7.81. The van der Waals surface area contributed by atoms with Crippen molar-refractivity contribution >= 4 is 34.6 Å². The number of carbonyl (C=O) groups excluding carboxylic acids is 1. The molecular weight excluding hydrogens is 440 g/mol. The maximum absolute atomic E-state index is 12.6. The third kappa shape index (κ3) is 4.36. The number of nitrogen functional groups attached to an aromatic ring is 1. The van der Waals surface area contributed by atoms with Crippen LogP contribution < -0.4 is 16.4 Å². The number of aromatic nitrogens is 4. The summed E-state index contributed by atoms with van der Waals surface area (Å²) in [5, 5.41) is 15.1. The van der Waals surface area contributed by atoms with Gasteiger partial charge in [-0.05, 0) is 61.5 Å². The second kappa shape index (κ2) is 8.96. The summed E-state index contributed by atoms with van der Waals surface area (Å²) in [6.45, 7) is 1.90. The number of imidazole rings is 1. The van der Waals surface area contributed by atoms with Crippen molar-refractivity contribution in [3.05, 3.63) is 95.9 Å². The smallest absolute Gasteiger partial charge is 0.255 e. The van der Waals surface area contributed by atoms with E-state index in [1.807, 2.05) is 35.7 Å². The maximum atomic E-state index is 12.6. The fraction of sp³-hybridized carbons (Fsp3) is 0.0385. The number of nitrogens with two attached hydrogens (primary N) is 1. The molecule has 1 amide bonds. The summed E-state index contributed by atoms with van der Waals surface area (Å²) in [5.74, 6) is 0.148. The zero-order valence-electron chi connectivity index (χ0n) is 18.7. The number of nitrogens with one attached hydrogen (secondary N) is 2. The van der Waals surface area contributed by atoms with Crippen molar-refractivity contribution in [1.82, 2.24) is 19.4 Å². The summed E-state index contributed by atoms with van der Waals surface area (Å²) in [4.78, 5) is 26.1. The SMILES string of the molecule is Cc1nc2cc(C#N)ccn2c1-c1ccnc(Nc2ccc(C(=O)Nc3ccccc3N)cc2)n1. The number of pyridine rings is 1. The Kier molecular flexibility index (Phi) is 5.53. The van der Waals surface area contributed by atoms with Crippen molar-refractivity contribution in [3.63, 3.8) is 0 Å². The molecule has 0 atom stereocenters. The molecule has 0 spiro atoms. The van der Waals surface area contributed by atoms with Crippen LogP contribution in [-0.4, -0.2) is 25.3 Å². The number of fused-ring (bicyclic) bond motifs is 1. The molecule has 2 aromatic carbocycles. The number of hydrogen-bond acceptors (Lipinski definition) is 7. The molecule has 0 fully saturated rings. The van der Waals surface area contributed by atoms with Crippen LogP contribution in [0, 0.1) is 18.3 Å². The molecule has 9 nitrogen and oxygen atoms in total. The number of carbonyl (C=O) groups is 1. The van der Waals surface area contributed by atoms with Crippen molar-refractivity contribution in [1.29, 1.82) is 5.26 Å². The third-order valence-corrected chi connectivity index (χ3v) is 5.44. The number of amides is 1. The normalized spacial score (nSPS) is 10.6. The maximum Gasteiger partial charge on any atom is 0.255 e. The molecule has 0 aliphatic carbocycles. The molecule has 35 heavy (non-hydrogen) atoms. The summed E-state index contributed by atoms with van der Waals surface area (Å²) in [5.41, 5.74) is 11.7. The van der Waals surface area contributed by atoms with Gasteiger partial charge in [-0.1, -0.05) is 12.1 Å². The number of rotatable bonds is 5. The lowest BCUT2D eigenvalue weighted by Crippen LogP contribution is -2.13. The molecule has 0 aliphatic heterocycles. The number of nitrogens with zero attached hydrogens (tertiary/aromatic N) is 5. The summed E-state index contributed by atoms with van der Waals surface area (Å²) in [6.07, 6.45) is 3.48. The van der Waals surface area contributed by atoms with E-state index in [9.17, 15) is 4.79 Å². The van der Waals surface area contributed by atoms with Crippen LogP contribution >= 0.6 is 0 Å². The van der Waals surface area contributed by atoms with Gasteiger partial charge < -0.3 is 16.4 Å². The van der Waals surface area contributed by atoms with Gasteiger partial charge in [0.1, 0.15) is 5.65 Å². The van der Waals surface area contributed by atoms with E-state index in [0.717, 1.165) is 17.1 Å². The van der Waals surface area contributed by atoms with Crippen LogP contribution in [0.25, 0.3) is 17.0 Å². The number of hydrogen-bond donors (Lipinski definition) is 3. The van der Waals surface area contributed by atoms with Gasteiger partial charge in [0.25, 0.3) is 5.91 Å². The van der Waals surface area contributed by atoms with E-state index >= 15 is 0 Å². The molecule has 0 unspecified atom stereocenters. The predicted octanol–water partition coefficient (Wildman–Crippen LogP) is 4.55. The van der Waals surface area contributed by atoms with E-state index < -0.39 is 0 Å². The minimum absolute atomic E-state index is 0.254. The Morgan fingerprint density at radius 1 is 1.06 bits per heavy atom. The van der Waals surface area contributed by atoms with Gasteiger partial charge in [-0.2, -0.15) is 5.26 Å². The van der Waals surface area contributed by atoms with E-state index in [2.05, 4.69) is 31.7 Å². The number of aryl methyl sites for hydroxylation is 1. The molecule has 170 valence electrons. The summed E-state index contributed by atoms with van der Waals surface area (Å²) >= 11 is 0. The topological polar surface area (TPSA) is 134 Å². The zero-order valence-corrected chi connectivity index (χ0v) is 18.7. The largest absolute Gasteiger partial charge is 0.397 e. The van der Waals surface area contributed by atoms with Crippen molar-refractivity contribution < 1.29 is 4.79 Å². The zero-order chi connectivity index (χ0) is 24.4. The Balaban J connectivity index is 1.35. The first kappa shape index (κ1) is 21.6. The van der Waals surface area contributed by atoms with E-state index in [1.165, 1.54) is 0 Å². The van der Waals surface area contributed by atoms with Gasteiger partial charge in [-0.25, -0.2) is 15.0 Å². The van der Waals surface area contributed by atoms with E-state index in [4.69, 9.17) is 11.0 Å². The monoisotopic (exact) mass is 460 g/mol. The fourth-order valence-corrected chi connectivity index (χ4v) is 3.73.